The van der Waals surface area contributed by atoms with E-state index in [1.54, 1.807) is 43.3 Å². The van der Waals surface area contributed by atoms with E-state index in [9.17, 15) is 22.8 Å². The molecule has 0 aliphatic carbocycles. The van der Waals surface area contributed by atoms with Gasteiger partial charge in [-0.05, 0) is 38.1 Å². The van der Waals surface area contributed by atoms with Crippen LogP contribution < -0.4 is 5.32 Å². The van der Waals surface area contributed by atoms with Gasteiger partial charge in [0.25, 0.3) is 5.91 Å². The summed E-state index contributed by atoms with van der Waals surface area (Å²) in [5, 5.41) is 2.78. The van der Waals surface area contributed by atoms with E-state index in [4.69, 9.17) is 0 Å². The fourth-order valence-corrected chi connectivity index (χ4v) is 3.43. The molecule has 8 heteroatoms. The van der Waals surface area contributed by atoms with Crippen molar-refractivity contribution in [3.8, 4) is 0 Å². The Hall–Kier alpha value is -2.48. The summed E-state index contributed by atoms with van der Waals surface area (Å²) < 4.78 is 37.6. The third-order valence-electron chi connectivity index (χ3n) is 4.15. The molecule has 1 N–H and O–H groups in total. The lowest BCUT2D eigenvalue weighted by Crippen LogP contribution is -2.34. The van der Waals surface area contributed by atoms with Crippen LogP contribution in [-0.4, -0.2) is 41.7 Å². The molecule has 0 heterocycles. The van der Waals surface area contributed by atoms with E-state index < -0.39 is 25.0 Å². The molecule has 0 aliphatic rings. The van der Waals surface area contributed by atoms with Crippen LogP contribution in [0.5, 0.6) is 0 Å². The van der Waals surface area contributed by atoms with Crippen LogP contribution in [0.3, 0.4) is 0 Å². The Bertz CT molecular complexity index is 839. The molecule has 0 spiro atoms. The topological polar surface area (TPSA) is 49.4 Å². The number of aryl methyl sites for hydroxylation is 1. The third-order valence-corrected chi connectivity index (χ3v) is 5.22. The molecular formula is C21H23F3N2O2S. The number of rotatable bonds is 8. The first-order valence-electron chi connectivity index (χ1n) is 9.14. The maximum Gasteiger partial charge on any atom is 0.390 e. The summed E-state index contributed by atoms with van der Waals surface area (Å²) in [6.45, 7) is 3.36. The number of halogens is 3. The quantitative estimate of drug-likeness (QED) is 0.597. The molecule has 0 unspecified atom stereocenters. The predicted octanol–water partition coefficient (Wildman–Crippen LogP) is 5.14. The SMILES string of the molecule is CCN(CCC(F)(F)F)C(=O)c1ccccc1SCC(=O)Nc1ccc(C)cc1. The molecule has 2 rings (SSSR count). The summed E-state index contributed by atoms with van der Waals surface area (Å²) in [4.78, 5) is 26.7. The number of carbonyl (C=O) groups excluding carboxylic acids is 2. The number of nitrogens with one attached hydrogen (secondary N) is 1. The number of hydrogen-bond acceptors (Lipinski definition) is 3. The average molecular weight is 424 g/mol. The van der Waals surface area contributed by atoms with Crippen LogP contribution in [0, 0.1) is 6.92 Å². The van der Waals surface area contributed by atoms with Gasteiger partial charge in [-0.15, -0.1) is 11.8 Å². The molecule has 156 valence electrons. The van der Waals surface area contributed by atoms with Crippen LogP contribution in [0.1, 0.15) is 29.3 Å². The highest BCUT2D eigenvalue weighted by molar-refractivity contribution is 8.00. The number of carbonyl (C=O) groups is 2. The second-order valence-electron chi connectivity index (χ2n) is 6.45. The molecule has 0 aliphatic heterocycles. The van der Waals surface area contributed by atoms with Crippen molar-refractivity contribution in [2.75, 3.05) is 24.2 Å². The smallest absolute Gasteiger partial charge is 0.339 e. The zero-order valence-corrected chi connectivity index (χ0v) is 17.1. The van der Waals surface area contributed by atoms with Gasteiger partial charge in [-0.2, -0.15) is 13.2 Å². The molecule has 29 heavy (non-hydrogen) atoms. The van der Waals surface area contributed by atoms with Crippen LogP contribution in [0.2, 0.25) is 0 Å². The summed E-state index contributed by atoms with van der Waals surface area (Å²) in [6.07, 6.45) is -5.38. The fourth-order valence-electron chi connectivity index (χ4n) is 2.58. The number of benzene rings is 2. The molecule has 0 saturated carbocycles. The lowest BCUT2D eigenvalue weighted by atomic mass is 10.2. The maximum atomic E-state index is 12.7. The minimum absolute atomic E-state index is 0.0762. The Morgan fingerprint density at radius 1 is 1.07 bits per heavy atom. The van der Waals surface area contributed by atoms with Crippen molar-refractivity contribution in [1.82, 2.24) is 4.90 Å². The Morgan fingerprint density at radius 2 is 1.72 bits per heavy atom. The van der Waals surface area contributed by atoms with Gasteiger partial charge in [-0.1, -0.05) is 29.8 Å². The highest BCUT2D eigenvalue weighted by atomic mass is 32.2. The second-order valence-corrected chi connectivity index (χ2v) is 7.47. The molecule has 0 bridgehead atoms. The first-order chi connectivity index (χ1) is 13.7. The number of thioether (sulfide) groups is 1. The normalized spacial score (nSPS) is 11.2. The van der Waals surface area contributed by atoms with Gasteiger partial charge in [0.1, 0.15) is 0 Å². The van der Waals surface area contributed by atoms with Crippen LogP contribution in [0.4, 0.5) is 18.9 Å². The molecule has 0 atom stereocenters. The Morgan fingerprint density at radius 3 is 2.34 bits per heavy atom. The number of amides is 2. The Labute approximate surface area is 172 Å². The van der Waals surface area contributed by atoms with Gasteiger partial charge in [-0.25, -0.2) is 0 Å². The van der Waals surface area contributed by atoms with Gasteiger partial charge in [-0.3, -0.25) is 9.59 Å². The van der Waals surface area contributed by atoms with E-state index in [0.29, 0.717) is 16.1 Å². The van der Waals surface area contributed by atoms with Crippen LogP contribution in [-0.2, 0) is 4.79 Å². The zero-order chi connectivity index (χ0) is 21.4. The number of anilines is 1. The number of alkyl halides is 3. The van der Waals surface area contributed by atoms with Gasteiger partial charge in [0.2, 0.25) is 5.91 Å². The van der Waals surface area contributed by atoms with Gasteiger partial charge in [0, 0.05) is 23.7 Å². The summed E-state index contributed by atoms with van der Waals surface area (Å²) in [7, 11) is 0. The molecule has 0 aromatic heterocycles. The largest absolute Gasteiger partial charge is 0.390 e. The van der Waals surface area contributed by atoms with Crippen molar-refractivity contribution >= 4 is 29.3 Å². The lowest BCUT2D eigenvalue weighted by molar-refractivity contribution is -0.136. The molecule has 2 aromatic rings. The first kappa shape index (κ1) is 22.8. The molecule has 0 saturated heterocycles. The van der Waals surface area contributed by atoms with E-state index in [1.807, 2.05) is 19.1 Å². The molecular weight excluding hydrogens is 401 g/mol. The van der Waals surface area contributed by atoms with Gasteiger partial charge in [0.15, 0.2) is 0 Å². The van der Waals surface area contributed by atoms with Gasteiger partial charge < -0.3 is 10.2 Å². The molecule has 2 aromatic carbocycles. The highest BCUT2D eigenvalue weighted by Crippen LogP contribution is 2.25. The number of hydrogen-bond donors (Lipinski definition) is 1. The van der Waals surface area contributed by atoms with Crippen molar-refractivity contribution in [3.63, 3.8) is 0 Å². The third kappa shape index (κ3) is 7.45. The van der Waals surface area contributed by atoms with Gasteiger partial charge in [0.05, 0.1) is 17.7 Å². The van der Waals surface area contributed by atoms with Crippen molar-refractivity contribution < 1.29 is 22.8 Å². The summed E-state index contributed by atoms with van der Waals surface area (Å²) in [6, 6.07) is 14.0. The van der Waals surface area contributed by atoms with Crippen molar-refractivity contribution in [2.45, 2.75) is 31.3 Å². The van der Waals surface area contributed by atoms with Crippen molar-refractivity contribution in [1.29, 1.82) is 0 Å². The summed E-state index contributed by atoms with van der Waals surface area (Å²) >= 11 is 1.18. The van der Waals surface area contributed by atoms with Crippen molar-refractivity contribution in [2.24, 2.45) is 0 Å². The monoisotopic (exact) mass is 424 g/mol. The molecule has 4 nitrogen and oxygen atoms in total. The minimum atomic E-state index is -4.32. The zero-order valence-electron chi connectivity index (χ0n) is 16.3. The molecule has 0 radical (unpaired) electrons. The second kappa shape index (κ2) is 10.3. The van der Waals surface area contributed by atoms with E-state index >= 15 is 0 Å². The van der Waals surface area contributed by atoms with E-state index in [1.165, 1.54) is 16.7 Å². The Kier molecular flexibility index (Phi) is 8.13. The van der Waals surface area contributed by atoms with E-state index in [2.05, 4.69) is 5.32 Å². The molecule has 2 amide bonds. The van der Waals surface area contributed by atoms with Crippen molar-refractivity contribution in [3.05, 3.63) is 59.7 Å². The maximum absolute atomic E-state index is 12.7. The van der Waals surface area contributed by atoms with Gasteiger partial charge >= 0.3 is 6.18 Å². The number of nitrogens with zero attached hydrogens (tertiary/aromatic N) is 1. The minimum Gasteiger partial charge on any atom is -0.339 e. The highest BCUT2D eigenvalue weighted by Gasteiger charge is 2.29. The Balaban J connectivity index is 2.02. The fraction of sp³-hybridized carbons (Fsp3) is 0.333. The van der Waals surface area contributed by atoms with E-state index in [-0.39, 0.29) is 18.2 Å². The van der Waals surface area contributed by atoms with Crippen LogP contribution in [0.15, 0.2) is 53.4 Å². The predicted molar refractivity (Wildman–Crippen MR) is 109 cm³/mol. The van der Waals surface area contributed by atoms with Crippen LogP contribution >= 0.6 is 11.8 Å². The van der Waals surface area contributed by atoms with E-state index in [0.717, 1.165) is 5.56 Å². The standard InChI is InChI=1S/C21H23F3N2O2S/c1-3-26(13-12-21(22,23)24)20(28)17-6-4-5-7-18(17)29-14-19(27)25-16-10-8-15(2)9-11-16/h4-11H,3,12-14H2,1-2H3,(H,25,27). The first-order valence-corrected chi connectivity index (χ1v) is 10.1. The lowest BCUT2D eigenvalue weighted by Gasteiger charge is -2.22. The summed E-state index contributed by atoms with van der Waals surface area (Å²) in [5.74, 6) is -0.628. The summed E-state index contributed by atoms with van der Waals surface area (Å²) in [5.41, 5.74) is 2.05. The van der Waals surface area contributed by atoms with Crippen LogP contribution in [0.25, 0.3) is 0 Å². The average Bonchev–Trinajstić information content (AvgIpc) is 2.68. The molecule has 0 fully saturated rings.